The predicted molar refractivity (Wildman–Crippen MR) is 100 cm³/mol. The van der Waals surface area contributed by atoms with Crippen LogP contribution in [0.3, 0.4) is 0 Å². The summed E-state index contributed by atoms with van der Waals surface area (Å²) in [5, 5.41) is 2.82. The quantitative estimate of drug-likeness (QED) is 0.685. The summed E-state index contributed by atoms with van der Waals surface area (Å²) >= 11 is 0. The molecule has 146 valence electrons. The highest BCUT2D eigenvalue weighted by molar-refractivity contribution is 7.89. The fourth-order valence-corrected chi connectivity index (χ4v) is 3.44. The van der Waals surface area contributed by atoms with Gasteiger partial charge in [-0.25, -0.2) is 17.5 Å². The molecule has 0 radical (unpaired) electrons. The first kappa shape index (κ1) is 20.9. The van der Waals surface area contributed by atoms with Gasteiger partial charge in [0.1, 0.15) is 11.6 Å². The number of carbonyl (C=O) groups is 1. The lowest BCUT2D eigenvalue weighted by Crippen LogP contribution is -2.32. The Morgan fingerprint density at radius 2 is 1.74 bits per heavy atom. The summed E-state index contributed by atoms with van der Waals surface area (Å²) in [6.07, 6.45) is -0.0121. The van der Waals surface area contributed by atoms with Crippen LogP contribution in [0.2, 0.25) is 0 Å². The van der Waals surface area contributed by atoms with Gasteiger partial charge in [0.2, 0.25) is 15.9 Å². The molecule has 0 spiro atoms. The highest BCUT2D eigenvalue weighted by Crippen LogP contribution is 2.17. The van der Waals surface area contributed by atoms with E-state index in [1.807, 2.05) is 38.1 Å². The zero-order valence-electron chi connectivity index (χ0n) is 15.2. The summed E-state index contributed by atoms with van der Waals surface area (Å²) in [4.78, 5) is 12.0. The topological polar surface area (TPSA) is 84.5 Å². The monoisotopic (exact) mass is 394 g/mol. The molecule has 0 bridgehead atoms. The number of rotatable bonds is 9. The van der Waals surface area contributed by atoms with Crippen molar-refractivity contribution < 1.29 is 22.3 Å². The zero-order chi connectivity index (χ0) is 19.9. The molecule has 0 saturated heterocycles. The minimum atomic E-state index is -3.77. The van der Waals surface area contributed by atoms with Crippen molar-refractivity contribution in [2.45, 2.75) is 31.2 Å². The zero-order valence-corrected chi connectivity index (χ0v) is 16.1. The van der Waals surface area contributed by atoms with Crippen molar-refractivity contribution in [2.24, 2.45) is 0 Å². The van der Waals surface area contributed by atoms with Gasteiger partial charge in [-0.2, -0.15) is 0 Å². The average Bonchev–Trinajstić information content (AvgIpc) is 2.62. The van der Waals surface area contributed by atoms with E-state index in [0.29, 0.717) is 6.61 Å². The first-order valence-electron chi connectivity index (χ1n) is 8.59. The maximum Gasteiger partial charge on any atom is 0.240 e. The first-order chi connectivity index (χ1) is 12.8. The van der Waals surface area contributed by atoms with E-state index in [0.717, 1.165) is 23.4 Å². The Hall–Kier alpha value is -2.45. The number of sulfonamides is 1. The molecule has 1 amide bonds. The van der Waals surface area contributed by atoms with Crippen molar-refractivity contribution in [1.82, 2.24) is 10.0 Å². The van der Waals surface area contributed by atoms with Gasteiger partial charge in [0.05, 0.1) is 17.5 Å². The Balaban J connectivity index is 1.82. The normalized spacial score (nSPS) is 12.4. The van der Waals surface area contributed by atoms with Gasteiger partial charge in [-0.05, 0) is 55.8 Å². The van der Waals surface area contributed by atoms with Crippen molar-refractivity contribution in [1.29, 1.82) is 0 Å². The molecule has 2 rings (SSSR count). The SMILES string of the molecule is CCOc1ccc(C(C)NC(=O)CCNS(=O)(=O)c2ccc(F)cc2)cc1. The number of benzene rings is 2. The van der Waals surface area contributed by atoms with Crippen LogP contribution in [0.25, 0.3) is 0 Å². The van der Waals surface area contributed by atoms with Crippen LogP contribution in [0.1, 0.15) is 31.9 Å². The lowest BCUT2D eigenvalue weighted by molar-refractivity contribution is -0.121. The van der Waals surface area contributed by atoms with Crippen LogP contribution in [-0.2, 0) is 14.8 Å². The average molecular weight is 394 g/mol. The minimum Gasteiger partial charge on any atom is -0.494 e. The summed E-state index contributed by atoms with van der Waals surface area (Å²) in [5.41, 5.74) is 0.915. The molecule has 1 atom stereocenters. The number of nitrogens with one attached hydrogen (secondary N) is 2. The second kappa shape index (κ2) is 9.48. The predicted octanol–water partition coefficient (Wildman–Crippen LogP) is 2.77. The largest absolute Gasteiger partial charge is 0.494 e. The van der Waals surface area contributed by atoms with E-state index in [-0.39, 0.29) is 29.8 Å². The molecule has 0 aliphatic carbocycles. The first-order valence-corrected chi connectivity index (χ1v) is 10.1. The van der Waals surface area contributed by atoms with Crippen LogP contribution in [-0.4, -0.2) is 27.5 Å². The second-order valence-electron chi connectivity index (χ2n) is 5.89. The van der Waals surface area contributed by atoms with E-state index < -0.39 is 15.8 Å². The molecule has 0 aliphatic rings. The Kier molecular flexibility index (Phi) is 7.32. The van der Waals surface area contributed by atoms with Crippen molar-refractivity contribution >= 4 is 15.9 Å². The highest BCUT2D eigenvalue weighted by atomic mass is 32.2. The molecule has 0 fully saturated rings. The van der Waals surface area contributed by atoms with Gasteiger partial charge >= 0.3 is 0 Å². The molecule has 0 aromatic heterocycles. The number of carbonyl (C=O) groups excluding carboxylic acids is 1. The third-order valence-corrected chi connectivity index (χ3v) is 5.31. The van der Waals surface area contributed by atoms with Crippen LogP contribution >= 0.6 is 0 Å². The Bertz CT molecular complexity index is 852. The van der Waals surface area contributed by atoms with E-state index in [2.05, 4.69) is 10.0 Å². The van der Waals surface area contributed by atoms with Gasteiger partial charge in [-0.1, -0.05) is 12.1 Å². The van der Waals surface area contributed by atoms with Gasteiger partial charge in [0.15, 0.2) is 0 Å². The maximum atomic E-state index is 12.9. The third kappa shape index (κ3) is 6.33. The lowest BCUT2D eigenvalue weighted by atomic mass is 10.1. The van der Waals surface area contributed by atoms with E-state index in [1.54, 1.807) is 0 Å². The molecule has 27 heavy (non-hydrogen) atoms. The minimum absolute atomic E-state index is 0.0121. The van der Waals surface area contributed by atoms with Crippen LogP contribution in [0.5, 0.6) is 5.75 Å². The van der Waals surface area contributed by atoms with Crippen LogP contribution in [0, 0.1) is 5.82 Å². The molecular weight excluding hydrogens is 371 g/mol. The molecule has 1 unspecified atom stereocenters. The number of hydrogen-bond donors (Lipinski definition) is 2. The summed E-state index contributed by atoms with van der Waals surface area (Å²) < 4.78 is 44.7. The number of amides is 1. The van der Waals surface area contributed by atoms with Gasteiger partial charge in [0, 0.05) is 13.0 Å². The fourth-order valence-electron chi connectivity index (χ4n) is 2.41. The Morgan fingerprint density at radius 3 is 2.33 bits per heavy atom. The molecule has 8 heteroatoms. The van der Waals surface area contributed by atoms with E-state index in [1.165, 1.54) is 12.1 Å². The second-order valence-corrected chi connectivity index (χ2v) is 7.66. The lowest BCUT2D eigenvalue weighted by Gasteiger charge is -2.15. The maximum absolute atomic E-state index is 12.9. The Morgan fingerprint density at radius 1 is 1.11 bits per heavy atom. The Labute approximate surface area is 158 Å². The van der Waals surface area contributed by atoms with Gasteiger partial charge in [-0.3, -0.25) is 4.79 Å². The smallest absolute Gasteiger partial charge is 0.240 e. The summed E-state index contributed by atoms with van der Waals surface area (Å²) in [7, 11) is -3.77. The molecule has 0 heterocycles. The number of hydrogen-bond acceptors (Lipinski definition) is 4. The molecular formula is C19H23FN2O4S. The van der Waals surface area contributed by atoms with Gasteiger partial charge in [0.25, 0.3) is 0 Å². The number of halogens is 1. The summed E-state index contributed by atoms with van der Waals surface area (Å²) in [5.74, 6) is -0.0372. The molecule has 2 aromatic carbocycles. The third-order valence-electron chi connectivity index (χ3n) is 3.84. The van der Waals surface area contributed by atoms with Crippen molar-refractivity contribution in [2.75, 3.05) is 13.2 Å². The van der Waals surface area contributed by atoms with E-state index in [4.69, 9.17) is 4.74 Å². The standard InChI is InChI=1S/C19H23FN2O4S/c1-3-26-17-8-4-15(5-9-17)14(2)22-19(23)12-13-21-27(24,25)18-10-6-16(20)7-11-18/h4-11,14,21H,3,12-13H2,1-2H3,(H,22,23). The van der Waals surface area contributed by atoms with Gasteiger partial charge < -0.3 is 10.1 Å². The number of ether oxygens (including phenoxy) is 1. The molecule has 2 N–H and O–H groups in total. The van der Waals surface area contributed by atoms with Crippen LogP contribution < -0.4 is 14.8 Å². The van der Waals surface area contributed by atoms with E-state index in [9.17, 15) is 17.6 Å². The summed E-state index contributed by atoms with van der Waals surface area (Å²) in [6.45, 7) is 4.28. The van der Waals surface area contributed by atoms with Gasteiger partial charge in [-0.15, -0.1) is 0 Å². The van der Waals surface area contributed by atoms with Crippen molar-refractivity contribution in [3.8, 4) is 5.75 Å². The molecule has 0 saturated carbocycles. The van der Waals surface area contributed by atoms with Crippen LogP contribution in [0.15, 0.2) is 53.4 Å². The summed E-state index contributed by atoms with van der Waals surface area (Å²) in [6, 6.07) is 11.7. The van der Waals surface area contributed by atoms with E-state index >= 15 is 0 Å². The molecule has 6 nitrogen and oxygen atoms in total. The fraction of sp³-hybridized carbons (Fsp3) is 0.316. The highest BCUT2D eigenvalue weighted by Gasteiger charge is 2.15. The van der Waals surface area contributed by atoms with Crippen molar-refractivity contribution in [3.63, 3.8) is 0 Å². The van der Waals surface area contributed by atoms with Crippen molar-refractivity contribution in [3.05, 3.63) is 59.9 Å². The van der Waals surface area contributed by atoms with Crippen LogP contribution in [0.4, 0.5) is 4.39 Å². The molecule has 2 aromatic rings. The molecule has 0 aliphatic heterocycles.